The van der Waals surface area contributed by atoms with E-state index in [9.17, 15) is 4.79 Å². The molecule has 1 heterocycles. The lowest BCUT2D eigenvalue weighted by atomic mass is 9.95. The van der Waals surface area contributed by atoms with Gasteiger partial charge in [-0.15, -0.1) is 0 Å². The molecule has 0 atom stereocenters. The Morgan fingerprint density at radius 3 is 2.62 bits per heavy atom. The number of hydrogen-bond donors (Lipinski definition) is 1. The van der Waals surface area contributed by atoms with Crippen LogP contribution in [0.4, 0.5) is 11.4 Å². The quantitative estimate of drug-likeness (QED) is 0.677. The Labute approximate surface area is 126 Å². The van der Waals surface area contributed by atoms with E-state index in [0.717, 1.165) is 44.1 Å². The fourth-order valence-electron chi connectivity index (χ4n) is 2.94. The highest BCUT2D eigenvalue weighted by molar-refractivity contribution is 5.92. The van der Waals surface area contributed by atoms with Crippen molar-refractivity contribution >= 4 is 17.3 Å². The molecule has 1 fully saturated rings. The number of nitrogens with two attached hydrogens (primary N) is 1. The van der Waals surface area contributed by atoms with Gasteiger partial charge in [-0.2, -0.15) is 0 Å². The van der Waals surface area contributed by atoms with Crippen LogP contribution in [0.5, 0.6) is 0 Å². The summed E-state index contributed by atoms with van der Waals surface area (Å²) in [6.45, 7) is 3.09. The minimum Gasteiger partial charge on any atom is -0.465 e. The van der Waals surface area contributed by atoms with Gasteiger partial charge in [0.2, 0.25) is 0 Å². The average Bonchev–Trinajstić information content (AvgIpc) is 2.47. The van der Waals surface area contributed by atoms with Gasteiger partial charge in [-0.25, -0.2) is 4.79 Å². The van der Waals surface area contributed by atoms with E-state index in [2.05, 4.69) is 23.9 Å². The van der Waals surface area contributed by atoms with E-state index in [1.807, 2.05) is 6.07 Å². The van der Waals surface area contributed by atoms with Crippen LogP contribution in [0.15, 0.2) is 18.2 Å². The molecule has 21 heavy (non-hydrogen) atoms. The molecule has 0 saturated carbocycles. The summed E-state index contributed by atoms with van der Waals surface area (Å²) >= 11 is 0. The molecule has 0 spiro atoms. The van der Waals surface area contributed by atoms with Crippen molar-refractivity contribution < 1.29 is 9.53 Å². The van der Waals surface area contributed by atoms with Gasteiger partial charge in [0.25, 0.3) is 0 Å². The Balaban J connectivity index is 2.07. The van der Waals surface area contributed by atoms with Crippen LogP contribution in [0.25, 0.3) is 0 Å². The third-order valence-corrected chi connectivity index (χ3v) is 4.03. The molecular weight excluding hydrogens is 266 g/mol. The topological polar surface area (TPSA) is 58.8 Å². The normalized spacial score (nSPS) is 16.3. The van der Waals surface area contributed by atoms with Crippen LogP contribution in [-0.2, 0) is 4.74 Å². The highest BCUT2D eigenvalue weighted by atomic mass is 16.5. The van der Waals surface area contributed by atoms with Crippen molar-refractivity contribution in [2.75, 3.05) is 51.5 Å². The van der Waals surface area contributed by atoms with Crippen LogP contribution in [0.3, 0.4) is 0 Å². The van der Waals surface area contributed by atoms with Gasteiger partial charge in [0.05, 0.1) is 24.0 Å². The molecule has 1 aliphatic heterocycles. The monoisotopic (exact) mass is 291 g/mol. The fourth-order valence-corrected chi connectivity index (χ4v) is 2.94. The van der Waals surface area contributed by atoms with E-state index in [-0.39, 0.29) is 5.97 Å². The van der Waals surface area contributed by atoms with Crippen LogP contribution in [-0.4, -0.2) is 51.7 Å². The van der Waals surface area contributed by atoms with Crippen molar-refractivity contribution in [1.82, 2.24) is 4.90 Å². The molecule has 0 aliphatic carbocycles. The number of piperidine rings is 1. The van der Waals surface area contributed by atoms with Gasteiger partial charge >= 0.3 is 5.97 Å². The second-order valence-electron chi connectivity index (χ2n) is 5.96. The van der Waals surface area contributed by atoms with E-state index in [0.29, 0.717) is 11.3 Å². The summed E-state index contributed by atoms with van der Waals surface area (Å²) in [4.78, 5) is 16.2. The number of anilines is 2. The molecule has 0 amide bonds. The number of ether oxygens (including phenoxy) is 1. The van der Waals surface area contributed by atoms with Crippen LogP contribution in [0, 0.1) is 5.92 Å². The van der Waals surface area contributed by atoms with Crippen LogP contribution < -0.4 is 10.6 Å². The summed E-state index contributed by atoms with van der Waals surface area (Å²) in [5, 5.41) is 0. The molecule has 0 radical (unpaired) electrons. The van der Waals surface area contributed by atoms with Crippen molar-refractivity contribution in [3.63, 3.8) is 0 Å². The second-order valence-corrected chi connectivity index (χ2v) is 5.96. The molecule has 1 aromatic rings. The Morgan fingerprint density at radius 2 is 2.05 bits per heavy atom. The first-order valence-corrected chi connectivity index (χ1v) is 7.38. The van der Waals surface area contributed by atoms with E-state index in [1.165, 1.54) is 7.11 Å². The van der Waals surface area contributed by atoms with Gasteiger partial charge in [-0.3, -0.25) is 0 Å². The number of nitrogens with zero attached hydrogens (tertiary/aromatic N) is 2. The summed E-state index contributed by atoms with van der Waals surface area (Å²) in [7, 11) is 5.62. The van der Waals surface area contributed by atoms with Crippen molar-refractivity contribution in [2.45, 2.75) is 12.8 Å². The first-order valence-electron chi connectivity index (χ1n) is 7.38. The molecule has 1 aliphatic rings. The van der Waals surface area contributed by atoms with Crippen molar-refractivity contribution in [1.29, 1.82) is 0 Å². The van der Waals surface area contributed by atoms with Gasteiger partial charge < -0.3 is 20.3 Å². The van der Waals surface area contributed by atoms with Crippen LogP contribution in [0.2, 0.25) is 0 Å². The zero-order valence-electron chi connectivity index (χ0n) is 13.1. The van der Waals surface area contributed by atoms with Gasteiger partial charge in [-0.05, 0) is 51.1 Å². The predicted octanol–water partition coefficient (Wildman–Crippen LogP) is 1.83. The molecule has 2 N–H and O–H groups in total. The lowest BCUT2D eigenvalue weighted by Gasteiger charge is -2.35. The molecule has 5 nitrogen and oxygen atoms in total. The largest absolute Gasteiger partial charge is 0.465 e. The molecular formula is C16H25N3O2. The van der Waals surface area contributed by atoms with Gasteiger partial charge in [0.1, 0.15) is 0 Å². The summed E-state index contributed by atoms with van der Waals surface area (Å²) in [5.41, 5.74) is 8.29. The lowest BCUT2D eigenvalue weighted by Crippen LogP contribution is -2.37. The number of methoxy groups -OCH3 is 1. The zero-order valence-corrected chi connectivity index (χ0v) is 13.1. The number of carbonyl (C=O) groups excluding carboxylic acids is 1. The summed E-state index contributed by atoms with van der Waals surface area (Å²) in [5.74, 6) is 0.417. The van der Waals surface area contributed by atoms with E-state index < -0.39 is 0 Å². The Morgan fingerprint density at radius 1 is 1.38 bits per heavy atom. The number of esters is 1. The highest BCUT2D eigenvalue weighted by Crippen LogP contribution is 2.29. The number of hydrogen-bond acceptors (Lipinski definition) is 5. The first-order chi connectivity index (χ1) is 10.0. The van der Waals surface area contributed by atoms with Crippen LogP contribution >= 0.6 is 0 Å². The smallest absolute Gasteiger partial charge is 0.337 e. The maximum absolute atomic E-state index is 11.6. The number of carbonyl (C=O) groups is 1. The number of benzene rings is 1. The molecule has 0 aromatic heterocycles. The van der Waals surface area contributed by atoms with Crippen molar-refractivity contribution in [3.05, 3.63) is 23.8 Å². The number of rotatable bonds is 4. The summed E-state index contributed by atoms with van der Waals surface area (Å²) < 4.78 is 4.78. The van der Waals surface area contributed by atoms with Crippen molar-refractivity contribution in [2.24, 2.45) is 5.92 Å². The SMILES string of the molecule is COC(=O)c1ccc(N)c(N2CCC(CN(C)C)CC2)c1. The predicted molar refractivity (Wildman–Crippen MR) is 85.7 cm³/mol. The minimum absolute atomic E-state index is 0.321. The molecule has 0 unspecified atom stereocenters. The Kier molecular flexibility index (Phi) is 5.07. The zero-order chi connectivity index (χ0) is 15.4. The second kappa shape index (κ2) is 6.80. The maximum atomic E-state index is 11.6. The molecule has 2 rings (SSSR count). The minimum atomic E-state index is -0.321. The van der Waals surface area contributed by atoms with Crippen LogP contribution in [0.1, 0.15) is 23.2 Å². The maximum Gasteiger partial charge on any atom is 0.337 e. The van der Waals surface area contributed by atoms with Gasteiger partial charge in [0, 0.05) is 19.6 Å². The highest BCUT2D eigenvalue weighted by Gasteiger charge is 2.22. The standard InChI is InChI=1S/C16H25N3O2/c1-18(2)11-12-6-8-19(9-7-12)15-10-13(16(20)21-3)4-5-14(15)17/h4-5,10,12H,6-9,11,17H2,1-3H3. The summed E-state index contributed by atoms with van der Waals surface area (Å²) in [6.07, 6.45) is 2.31. The fraction of sp³-hybridized carbons (Fsp3) is 0.562. The third-order valence-electron chi connectivity index (χ3n) is 4.03. The third kappa shape index (κ3) is 3.88. The van der Waals surface area contributed by atoms with E-state index in [1.54, 1.807) is 12.1 Å². The Bertz CT molecular complexity index is 494. The van der Waals surface area contributed by atoms with E-state index in [4.69, 9.17) is 10.5 Å². The average molecular weight is 291 g/mol. The molecule has 5 heteroatoms. The summed E-state index contributed by atoms with van der Waals surface area (Å²) in [6, 6.07) is 5.34. The number of nitrogen functional groups attached to an aromatic ring is 1. The van der Waals surface area contributed by atoms with Crippen molar-refractivity contribution in [3.8, 4) is 0 Å². The Hall–Kier alpha value is -1.75. The lowest BCUT2D eigenvalue weighted by molar-refractivity contribution is 0.0601. The van der Waals surface area contributed by atoms with E-state index >= 15 is 0 Å². The molecule has 1 saturated heterocycles. The van der Waals surface area contributed by atoms with Gasteiger partial charge in [0.15, 0.2) is 0 Å². The molecule has 1 aromatic carbocycles. The van der Waals surface area contributed by atoms with Gasteiger partial charge in [-0.1, -0.05) is 0 Å². The first kappa shape index (κ1) is 15.6. The molecule has 116 valence electrons. The molecule has 0 bridgehead atoms.